The largest absolute Gasteiger partial charge is 0.208 e. The molecule has 8 aromatic carbocycles. The molecule has 10 aromatic rings. The predicted octanol–water partition coefficient (Wildman–Crippen LogP) is 13.9. The maximum Gasteiger partial charge on any atom is 0.164 e. The van der Waals surface area contributed by atoms with Crippen molar-refractivity contribution < 1.29 is 0 Å². The van der Waals surface area contributed by atoms with Crippen LogP contribution < -0.4 is 0 Å². The summed E-state index contributed by atoms with van der Waals surface area (Å²) in [6.07, 6.45) is 0. The molecule has 0 aliphatic rings. The fourth-order valence-electron chi connectivity index (χ4n) is 7.36. The van der Waals surface area contributed by atoms with Gasteiger partial charge in [0.05, 0.1) is 0 Å². The Hall–Kier alpha value is -7.01. The van der Waals surface area contributed by atoms with Gasteiger partial charge in [0, 0.05) is 48.0 Å². The average molecular weight is 720 g/mol. The van der Waals surface area contributed by atoms with Gasteiger partial charge in [-0.05, 0) is 57.6 Å². The molecule has 0 aliphatic heterocycles. The molecule has 2 heterocycles. The molecule has 0 aliphatic carbocycles. The van der Waals surface area contributed by atoms with Crippen molar-refractivity contribution in [3.8, 4) is 78.7 Å². The number of aromatic nitrogens is 3. The van der Waals surface area contributed by atoms with Crippen molar-refractivity contribution >= 4 is 31.5 Å². The molecule has 0 fully saturated rings. The highest BCUT2D eigenvalue weighted by molar-refractivity contribution is 7.27. The summed E-state index contributed by atoms with van der Waals surface area (Å²) >= 11 is 1.88. The van der Waals surface area contributed by atoms with Crippen molar-refractivity contribution in [2.75, 3.05) is 0 Å². The zero-order valence-corrected chi connectivity index (χ0v) is 30.6. The molecule has 10 rings (SSSR count). The summed E-state index contributed by atoms with van der Waals surface area (Å²) in [5.41, 5.74) is 12.5. The lowest BCUT2D eigenvalue weighted by molar-refractivity contribution is 1.07. The molecule has 0 atom stereocenters. The van der Waals surface area contributed by atoms with Crippen LogP contribution in [0.5, 0.6) is 0 Å². The molecule has 2 aromatic heterocycles. The Morgan fingerprint density at radius 3 is 0.927 bits per heavy atom. The van der Waals surface area contributed by atoms with Crippen LogP contribution in [0.15, 0.2) is 200 Å². The molecule has 55 heavy (non-hydrogen) atoms. The number of thiophene rings is 1. The SMILES string of the molecule is c1ccc(-c2cc(-c3ccccc3)c3sc4c(-c5ccc(-c6nc(-c7ccccc7)nc(-c7ccccc7)n6)cc5)cc(-c5ccccc5)cc4c3c2)cc1. The lowest BCUT2D eigenvalue weighted by Gasteiger charge is -2.11. The minimum absolute atomic E-state index is 0.644. The van der Waals surface area contributed by atoms with E-state index >= 15 is 0 Å². The fourth-order valence-corrected chi connectivity index (χ4v) is 8.69. The molecule has 4 heteroatoms. The molecule has 0 N–H and O–H groups in total. The maximum atomic E-state index is 4.99. The number of fused-ring (bicyclic) bond motifs is 3. The number of hydrogen-bond donors (Lipinski definition) is 0. The first-order chi connectivity index (χ1) is 27.2. The highest BCUT2D eigenvalue weighted by Crippen LogP contribution is 2.47. The van der Waals surface area contributed by atoms with E-state index in [1.807, 2.05) is 72.0 Å². The second kappa shape index (κ2) is 14.1. The van der Waals surface area contributed by atoms with Crippen LogP contribution in [0.25, 0.3) is 98.8 Å². The highest BCUT2D eigenvalue weighted by atomic mass is 32.1. The molecule has 0 amide bonds. The van der Waals surface area contributed by atoms with E-state index in [-0.39, 0.29) is 0 Å². The summed E-state index contributed by atoms with van der Waals surface area (Å²) in [4.78, 5) is 14.9. The minimum atomic E-state index is 0.644. The van der Waals surface area contributed by atoms with Crippen LogP contribution in [-0.2, 0) is 0 Å². The van der Waals surface area contributed by atoms with E-state index in [1.54, 1.807) is 0 Å². The highest BCUT2D eigenvalue weighted by Gasteiger charge is 2.19. The van der Waals surface area contributed by atoms with Gasteiger partial charge in [0.2, 0.25) is 0 Å². The third-order valence-corrected chi connectivity index (χ3v) is 11.4. The van der Waals surface area contributed by atoms with Crippen LogP contribution in [-0.4, -0.2) is 15.0 Å². The van der Waals surface area contributed by atoms with Crippen molar-refractivity contribution in [2.45, 2.75) is 0 Å². The predicted molar refractivity (Wildman–Crippen MR) is 231 cm³/mol. The quantitative estimate of drug-likeness (QED) is 0.165. The van der Waals surface area contributed by atoms with Gasteiger partial charge >= 0.3 is 0 Å². The van der Waals surface area contributed by atoms with Gasteiger partial charge in [-0.1, -0.05) is 176 Å². The first kappa shape index (κ1) is 32.6. The second-order valence-electron chi connectivity index (χ2n) is 13.6. The van der Waals surface area contributed by atoms with Gasteiger partial charge in [0.15, 0.2) is 17.5 Å². The van der Waals surface area contributed by atoms with Gasteiger partial charge < -0.3 is 0 Å². The van der Waals surface area contributed by atoms with E-state index in [9.17, 15) is 0 Å². The second-order valence-corrected chi connectivity index (χ2v) is 14.6. The Morgan fingerprint density at radius 2 is 0.545 bits per heavy atom. The fraction of sp³-hybridized carbons (Fsp3) is 0. The number of nitrogens with zero attached hydrogens (tertiary/aromatic N) is 3. The topological polar surface area (TPSA) is 38.7 Å². The van der Waals surface area contributed by atoms with Crippen LogP contribution in [0.1, 0.15) is 0 Å². The third-order valence-electron chi connectivity index (χ3n) is 10.1. The Labute approximate surface area is 323 Å². The summed E-state index contributed by atoms with van der Waals surface area (Å²) < 4.78 is 2.55. The van der Waals surface area contributed by atoms with Crippen molar-refractivity contribution in [1.29, 1.82) is 0 Å². The molecule has 0 saturated heterocycles. The Kier molecular flexibility index (Phi) is 8.36. The number of benzene rings is 8. The normalized spacial score (nSPS) is 11.3. The zero-order chi connectivity index (χ0) is 36.6. The molecule has 0 unspecified atom stereocenters. The van der Waals surface area contributed by atoms with Crippen molar-refractivity contribution in [3.05, 3.63) is 200 Å². The summed E-state index contributed by atoms with van der Waals surface area (Å²) in [5, 5.41) is 2.52. The molecular formula is C51H33N3S. The summed E-state index contributed by atoms with van der Waals surface area (Å²) in [7, 11) is 0. The van der Waals surface area contributed by atoms with E-state index in [4.69, 9.17) is 15.0 Å². The van der Waals surface area contributed by atoms with Gasteiger partial charge in [-0.3, -0.25) is 0 Å². The van der Waals surface area contributed by atoms with E-state index in [0.29, 0.717) is 17.5 Å². The van der Waals surface area contributed by atoms with Gasteiger partial charge in [-0.25, -0.2) is 15.0 Å². The molecule has 258 valence electrons. The van der Waals surface area contributed by atoms with Crippen LogP contribution in [0.2, 0.25) is 0 Å². The summed E-state index contributed by atoms with van der Waals surface area (Å²) in [6, 6.07) is 70.6. The van der Waals surface area contributed by atoms with E-state index in [2.05, 4.69) is 140 Å². The smallest absolute Gasteiger partial charge is 0.164 e. The standard InChI is InChI=1S/C51H33N3S/c1-6-16-34(17-7-1)41-30-43(36-20-10-3-11-21-36)47-45(32-41)46-33-42(35-18-8-2-9-19-35)31-44(48(46)55-47)37-26-28-40(29-27-37)51-53-49(38-22-12-4-13-23-38)52-50(54-51)39-24-14-5-15-25-39/h1-33H. The molecule has 3 nitrogen and oxygen atoms in total. The summed E-state index contributed by atoms with van der Waals surface area (Å²) in [5.74, 6) is 1.95. The lowest BCUT2D eigenvalue weighted by Crippen LogP contribution is -2.00. The first-order valence-electron chi connectivity index (χ1n) is 18.4. The Bertz CT molecular complexity index is 2870. The monoisotopic (exact) mass is 719 g/mol. The zero-order valence-electron chi connectivity index (χ0n) is 29.8. The van der Waals surface area contributed by atoms with E-state index in [1.165, 1.54) is 59.1 Å². The molecular weight excluding hydrogens is 687 g/mol. The van der Waals surface area contributed by atoms with E-state index in [0.717, 1.165) is 22.3 Å². The Balaban J connectivity index is 1.17. The van der Waals surface area contributed by atoms with Crippen LogP contribution >= 0.6 is 11.3 Å². The average Bonchev–Trinajstić information content (AvgIpc) is 3.66. The Morgan fingerprint density at radius 1 is 0.255 bits per heavy atom. The number of hydrogen-bond acceptors (Lipinski definition) is 4. The van der Waals surface area contributed by atoms with Gasteiger partial charge in [0.1, 0.15) is 0 Å². The minimum Gasteiger partial charge on any atom is -0.208 e. The van der Waals surface area contributed by atoms with Crippen molar-refractivity contribution in [1.82, 2.24) is 15.0 Å². The van der Waals surface area contributed by atoms with Crippen LogP contribution in [0.4, 0.5) is 0 Å². The molecule has 0 bridgehead atoms. The van der Waals surface area contributed by atoms with Crippen molar-refractivity contribution in [2.24, 2.45) is 0 Å². The number of rotatable bonds is 7. The van der Waals surface area contributed by atoms with Gasteiger partial charge in [-0.15, -0.1) is 11.3 Å². The van der Waals surface area contributed by atoms with E-state index < -0.39 is 0 Å². The van der Waals surface area contributed by atoms with Gasteiger partial charge in [0.25, 0.3) is 0 Å². The third kappa shape index (κ3) is 6.29. The molecule has 0 saturated carbocycles. The van der Waals surface area contributed by atoms with Crippen LogP contribution in [0, 0.1) is 0 Å². The van der Waals surface area contributed by atoms with Gasteiger partial charge in [-0.2, -0.15) is 0 Å². The van der Waals surface area contributed by atoms with Crippen LogP contribution in [0.3, 0.4) is 0 Å². The van der Waals surface area contributed by atoms with Crippen molar-refractivity contribution in [3.63, 3.8) is 0 Å². The lowest BCUT2D eigenvalue weighted by atomic mass is 9.93. The molecule has 0 radical (unpaired) electrons. The maximum absolute atomic E-state index is 4.99. The molecule has 0 spiro atoms. The summed E-state index contributed by atoms with van der Waals surface area (Å²) in [6.45, 7) is 0. The first-order valence-corrected chi connectivity index (χ1v) is 19.3.